The number of hydrogen-bond acceptors (Lipinski definition) is 6. The van der Waals surface area contributed by atoms with Crippen LogP contribution in [0.4, 0.5) is 4.79 Å². The van der Waals surface area contributed by atoms with E-state index in [4.69, 9.17) is 14.2 Å². The van der Waals surface area contributed by atoms with Gasteiger partial charge >= 0.3 is 18.0 Å². The van der Waals surface area contributed by atoms with Crippen molar-refractivity contribution in [2.24, 2.45) is 0 Å². The number of carbonyl (C=O) groups is 3. The first-order chi connectivity index (χ1) is 10.6. The average Bonchev–Trinajstić information content (AvgIpc) is 3.09. The van der Waals surface area contributed by atoms with Crippen molar-refractivity contribution >= 4 is 18.0 Å². The number of rotatable bonds is 5. The molecule has 0 fully saturated rings. The van der Waals surface area contributed by atoms with Gasteiger partial charge in [0.2, 0.25) is 0 Å². The molecule has 2 aliphatic rings. The lowest BCUT2D eigenvalue weighted by Gasteiger charge is -2.23. The predicted octanol–water partition coefficient (Wildman–Crippen LogP) is 1.19. The van der Waals surface area contributed by atoms with E-state index in [2.05, 4.69) is 0 Å². The number of fused-ring (bicyclic) bond motifs is 2. The van der Waals surface area contributed by atoms with Crippen LogP contribution in [0.2, 0.25) is 0 Å². The first-order valence-corrected chi connectivity index (χ1v) is 7.10. The van der Waals surface area contributed by atoms with Crippen LogP contribution in [-0.2, 0) is 23.8 Å². The molecule has 2 unspecified atom stereocenters. The molecule has 2 heterocycles. The molecular weight excluding hydrogens is 290 g/mol. The van der Waals surface area contributed by atoms with Gasteiger partial charge in [-0.05, 0) is 6.42 Å². The fourth-order valence-corrected chi connectivity index (χ4v) is 2.65. The van der Waals surface area contributed by atoms with E-state index in [0.717, 1.165) is 12.8 Å². The smallest absolute Gasteiger partial charge is 0.411 e. The number of esters is 2. The number of carbonyl (C=O) groups excluding carboxylic acids is 3. The Morgan fingerprint density at radius 2 is 1.55 bits per heavy atom. The van der Waals surface area contributed by atoms with E-state index in [1.54, 1.807) is 12.2 Å². The Bertz CT molecular complexity index is 514. The van der Waals surface area contributed by atoms with Crippen LogP contribution in [0.25, 0.3) is 0 Å². The van der Waals surface area contributed by atoms with Gasteiger partial charge in [0.1, 0.15) is 0 Å². The first kappa shape index (κ1) is 16.1. The standard InChI is InChI=1S/C15H19NO6/c1-4-5-8-22-15(19)16-9-6-7-10(16)12(14(18)21-3)11(9)13(17)20-2/h6-7,9-10H,4-5,8H2,1-3H3. The van der Waals surface area contributed by atoms with Crippen LogP contribution in [0.15, 0.2) is 23.3 Å². The molecule has 0 saturated heterocycles. The molecule has 0 radical (unpaired) electrons. The molecule has 2 bridgehead atoms. The maximum absolute atomic E-state index is 12.2. The Hall–Kier alpha value is -2.31. The molecule has 1 amide bonds. The van der Waals surface area contributed by atoms with E-state index in [-0.39, 0.29) is 11.1 Å². The number of amides is 1. The third-order valence-electron chi connectivity index (χ3n) is 3.70. The lowest BCUT2D eigenvalue weighted by atomic mass is 9.97. The highest BCUT2D eigenvalue weighted by Crippen LogP contribution is 2.39. The second kappa shape index (κ2) is 6.64. The summed E-state index contributed by atoms with van der Waals surface area (Å²) in [5.74, 6) is -1.30. The summed E-state index contributed by atoms with van der Waals surface area (Å²) in [6, 6.07) is -1.30. The molecule has 0 aliphatic carbocycles. The highest BCUT2D eigenvalue weighted by Gasteiger charge is 2.51. The Balaban J connectivity index is 2.25. The van der Waals surface area contributed by atoms with Crippen LogP contribution < -0.4 is 0 Å². The number of ether oxygens (including phenoxy) is 3. The van der Waals surface area contributed by atoms with E-state index < -0.39 is 30.1 Å². The third kappa shape index (κ3) is 2.58. The average molecular weight is 309 g/mol. The van der Waals surface area contributed by atoms with Gasteiger partial charge in [-0.3, -0.25) is 4.90 Å². The lowest BCUT2D eigenvalue weighted by molar-refractivity contribution is -0.139. The summed E-state index contributed by atoms with van der Waals surface area (Å²) in [4.78, 5) is 37.5. The Labute approximate surface area is 128 Å². The normalized spacial score (nSPS) is 22.0. The minimum absolute atomic E-state index is 0.134. The van der Waals surface area contributed by atoms with Crippen LogP contribution in [0.1, 0.15) is 19.8 Å². The van der Waals surface area contributed by atoms with Crippen LogP contribution in [-0.4, -0.2) is 55.8 Å². The van der Waals surface area contributed by atoms with E-state index >= 15 is 0 Å². The molecule has 2 rings (SSSR count). The van der Waals surface area contributed by atoms with Crippen LogP contribution in [0, 0.1) is 0 Å². The molecule has 0 saturated carbocycles. The lowest BCUT2D eigenvalue weighted by Crippen LogP contribution is -2.39. The quantitative estimate of drug-likeness (QED) is 0.328. The molecule has 0 spiro atoms. The van der Waals surface area contributed by atoms with Gasteiger partial charge in [0, 0.05) is 0 Å². The zero-order valence-corrected chi connectivity index (χ0v) is 12.8. The number of methoxy groups -OCH3 is 2. The monoisotopic (exact) mass is 309 g/mol. The molecule has 7 heteroatoms. The zero-order valence-electron chi connectivity index (χ0n) is 12.8. The highest BCUT2D eigenvalue weighted by atomic mass is 16.6. The van der Waals surface area contributed by atoms with Gasteiger partial charge in [-0.2, -0.15) is 0 Å². The van der Waals surface area contributed by atoms with Crippen molar-refractivity contribution in [1.29, 1.82) is 0 Å². The summed E-state index contributed by atoms with van der Waals surface area (Å²) in [6.07, 6.45) is 4.46. The minimum atomic E-state index is -0.652. The van der Waals surface area contributed by atoms with Gasteiger partial charge in [0.05, 0.1) is 44.1 Å². The second-order valence-electron chi connectivity index (χ2n) is 4.96. The highest BCUT2D eigenvalue weighted by molar-refractivity contribution is 6.06. The number of hydrogen-bond donors (Lipinski definition) is 0. The molecular formula is C15H19NO6. The van der Waals surface area contributed by atoms with Gasteiger partial charge in [-0.1, -0.05) is 25.5 Å². The van der Waals surface area contributed by atoms with Gasteiger partial charge in [-0.25, -0.2) is 14.4 Å². The van der Waals surface area contributed by atoms with E-state index in [1.807, 2.05) is 6.92 Å². The zero-order chi connectivity index (χ0) is 16.3. The van der Waals surface area contributed by atoms with Crippen molar-refractivity contribution in [2.45, 2.75) is 31.8 Å². The van der Waals surface area contributed by atoms with Crippen molar-refractivity contribution < 1.29 is 28.6 Å². The Morgan fingerprint density at radius 1 is 1.05 bits per heavy atom. The molecule has 2 atom stereocenters. The van der Waals surface area contributed by atoms with Crippen molar-refractivity contribution in [3.8, 4) is 0 Å². The molecule has 22 heavy (non-hydrogen) atoms. The van der Waals surface area contributed by atoms with Gasteiger partial charge in [0.25, 0.3) is 0 Å². The van der Waals surface area contributed by atoms with Crippen molar-refractivity contribution in [3.05, 3.63) is 23.3 Å². The Kier molecular flexibility index (Phi) is 4.85. The van der Waals surface area contributed by atoms with E-state index in [9.17, 15) is 14.4 Å². The fourth-order valence-electron chi connectivity index (χ4n) is 2.65. The summed E-state index contributed by atoms with van der Waals surface area (Å²) in [7, 11) is 2.45. The van der Waals surface area contributed by atoms with Crippen LogP contribution >= 0.6 is 0 Å². The SMILES string of the molecule is CCCCOC(=O)N1C2C=CC1C(C(=O)OC)=C2C(=O)OC. The van der Waals surface area contributed by atoms with Crippen LogP contribution in [0.3, 0.4) is 0 Å². The summed E-state index contributed by atoms with van der Waals surface area (Å²) in [6.45, 7) is 2.29. The van der Waals surface area contributed by atoms with Gasteiger partial charge < -0.3 is 14.2 Å². The summed E-state index contributed by atoms with van der Waals surface area (Å²) in [5.41, 5.74) is 0.267. The maximum atomic E-state index is 12.2. The molecule has 2 aliphatic heterocycles. The molecule has 0 N–H and O–H groups in total. The van der Waals surface area contributed by atoms with Crippen molar-refractivity contribution in [1.82, 2.24) is 4.90 Å². The summed E-state index contributed by atoms with van der Waals surface area (Å²) in [5, 5.41) is 0. The fraction of sp³-hybridized carbons (Fsp3) is 0.533. The topological polar surface area (TPSA) is 82.1 Å². The molecule has 120 valence electrons. The molecule has 0 aromatic heterocycles. The third-order valence-corrected chi connectivity index (χ3v) is 3.70. The summed E-state index contributed by atoms with van der Waals surface area (Å²) >= 11 is 0. The van der Waals surface area contributed by atoms with Crippen LogP contribution in [0.5, 0.6) is 0 Å². The van der Waals surface area contributed by atoms with E-state index in [0.29, 0.717) is 6.61 Å². The van der Waals surface area contributed by atoms with Gasteiger partial charge in [-0.15, -0.1) is 0 Å². The van der Waals surface area contributed by atoms with Crippen molar-refractivity contribution in [2.75, 3.05) is 20.8 Å². The Morgan fingerprint density at radius 3 is 1.95 bits per heavy atom. The molecule has 7 nitrogen and oxygen atoms in total. The van der Waals surface area contributed by atoms with Gasteiger partial charge in [0.15, 0.2) is 0 Å². The number of nitrogens with zero attached hydrogens (tertiary/aromatic N) is 1. The summed E-state index contributed by atoms with van der Waals surface area (Å²) < 4.78 is 14.6. The predicted molar refractivity (Wildman–Crippen MR) is 75.9 cm³/mol. The largest absolute Gasteiger partial charge is 0.466 e. The second-order valence-corrected chi connectivity index (χ2v) is 4.96. The van der Waals surface area contributed by atoms with Crippen molar-refractivity contribution in [3.63, 3.8) is 0 Å². The molecule has 0 aromatic carbocycles. The molecule has 0 aromatic rings. The maximum Gasteiger partial charge on any atom is 0.411 e. The number of unbranched alkanes of at least 4 members (excludes halogenated alkanes) is 1. The van der Waals surface area contributed by atoms with E-state index in [1.165, 1.54) is 19.1 Å². The first-order valence-electron chi connectivity index (χ1n) is 7.10. The minimum Gasteiger partial charge on any atom is -0.466 e.